The predicted octanol–water partition coefficient (Wildman–Crippen LogP) is 1.54. The Kier molecular flexibility index (Phi) is 4.08. The zero-order chi connectivity index (χ0) is 14.8. The molecule has 1 aromatic carbocycles. The molecule has 1 saturated heterocycles. The standard InChI is InChI=1S/C15H15NS.C2H4O2/c1-2-4-14-10(3-1)9-15(17-14)11-7-12-5-6-13(8-11)16-12;1-2(3)4/h1-4,7,9,12-13,16H,5-6,8H2;1H3,(H,3,4)/t12-,13+;/m1./s1. The zero-order valence-corrected chi connectivity index (χ0v) is 12.9. The van der Waals surface area contributed by atoms with E-state index in [0.29, 0.717) is 0 Å². The number of quaternary nitrogens is 1. The normalized spacial score (nSPS) is 23.4. The third-order valence-electron chi connectivity index (χ3n) is 4.03. The van der Waals surface area contributed by atoms with Crippen LogP contribution in [0.4, 0.5) is 0 Å². The Morgan fingerprint density at radius 3 is 2.81 bits per heavy atom. The van der Waals surface area contributed by atoms with Crippen LogP contribution in [-0.2, 0) is 4.79 Å². The van der Waals surface area contributed by atoms with Crippen molar-refractivity contribution in [3.05, 3.63) is 41.3 Å². The van der Waals surface area contributed by atoms with Gasteiger partial charge in [-0.3, -0.25) is 0 Å². The fraction of sp³-hybridized carbons (Fsp3) is 0.353. The summed E-state index contributed by atoms with van der Waals surface area (Å²) in [7, 11) is 0. The average molecular weight is 301 g/mol. The molecule has 21 heavy (non-hydrogen) atoms. The number of thiophene rings is 1. The largest absolute Gasteiger partial charge is 0.550 e. The molecule has 1 aromatic heterocycles. The lowest BCUT2D eigenvalue weighted by Gasteiger charge is -2.17. The Balaban J connectivity index is 0.000000298. The van der Waals surface area contributed by atoms with E-state index in [2.05, 4.69) is 41.7 Å². The molecule has 2 aliphatic heterocycles. The van der Waals surface area contributed by atoms with Crippen molar-refractivity contribution in [1.82, 2.24) is 0 Å². The van der Waals surface area contributed by atoms with E-state index in [4.69, 9.17) is 9.90 Å². The van der Waals surface area contributed by atoms with Gasteiger partial charge in [0.1, 0.15) is 6.04 Å². The van der Waals surface area contributed by atoms with Gasteiger partial charge in [-0.25, -0.2) is 0 Å². The smallest absolute Gasteiger partial charge is 0.106 e. The monoisotopic (exact) mass is 301 g/mol. The first kappa shape index (κ1) is 14.3. The van der Waals surface area contributed by atoms with Crippen LogP contribution in [0.5, 0.6) is 0 Å². The van der Waals surface area contributed by atoms with E-state index in [1.54, 1.807) is 5.57 Å². The van der Waals surface area contributed by atoms with Crippen molar-refractivity contribution < 1.29 is 15.2 Å². The van der Waals surface area contributed by atoms with Crippen molar-refractivity contribution in [3.63, 3.8) is 0 Å². The molecular weight excluding hydrogens is 282 g/mol. The maximum atomic E-state index is 8.89. The van der Waals surface area contributed by atoms with Gasteiger partial charge in [0.2, 0.25) is 0 Å². The van der Waals surface area contributed by atoms with Gasteiger partial charge in [0.15, 0.2) is 0 Å². The average Bonchev–Trinajstić information content (AvgIpc) is 3.01. The van der Waals surface area contributed by atoms with Crippen molar-refractivity contribution in [2.24, 2.45) is 0 Å². The summed E-state index contributed by atoms with van der Waals surface area (Å²) < 4.78 is 1.42. The first-order chi connectivity index (χ1) is 10.1. The number of fused-ring (bicyclic) bond motifs is 3. The van der Waals surface area contributed by atoms with Gasteiger partial charge in [0.05, 0.1) is 6.04 Å². The number of carboxylic acids is 1. The van der Waals surface area contributed by atoms with Crippen LogP contribution in [0, 0.1) is 0 Å². The van der Waals surface area contributed by atoms with E-state index in [0.717, 1.165) is 19.0 Å². The van der Waals surface area contributed by atoms with E-state index in [1.807, 2.05) is 11.3 Å². The van der Waals surface area contributed by atoms with E-state index in [9.17, 15) is 0 Å². The minimum Gasteiger partial charge on any atom is -0.550 e. The highest BCUT2D eigenvalue weighted by molar-refractivity contribution is 7.20. The van der Waals surface area contributed by atoms with Crippen LogP contribution in [0.3, 0.4) is 0 Å². The lowest BCUT2D eigenvalue weighted by atomic mass is 10.0. The minimum atomic E-state index is -1.08. The third kappa shape index (κ3) is 3.34. The van der Waals surface area contributed by atoms with Crippen LogP contribution in [0.25, 0.3) is 15.7 Å². The number of hydrogen-bond acceptors (Lipinski definition) is 3. The molecular formula is C17H19NO2S. The Morgan fingerprint density at radius 1 is 1.33 bits per heavy atom. The summed E-state index contributed by atoms with van der Waals surface area (Å²) in [6, 6.07) is 12.7. The molecule has 2 bridgehead atoms. The van der Waals surface area contributed by atoms with E-state index < -0.39 is 5.97 Å². The van der Waals surface area contributed by atoms with Gasteiger partial charge in [-0.2, -0.15) is 0 Å². The quantitative estimate of drug-likeness (QED) is 0.868. The summed E-state index contributed by atoms with van der Waals surface area (Å²) in [4.78, 5) is 10.4. The van der Waals surface area contributed by atoms with Crippen LogP contribution >= 0.6 is 11.3 Å². The van der Waals surface area contributed by atoms with Gasteiger partial charge >= 0.3 is 0 Å². The predicted molar refractivity (Wildman–Crippen MR) is 83.8 cm³/mol. The summed E-state index contributed by atoms with van der Waals surface area (Å²) in [5.74, 6) is -1.08. The molecule has 0 radical (unpaired) electrons. The summed E-state index contributed by atoms with van der Waals surface area (Å²) in [6.07, 6.45) is 6.55. The number of carboxylic acid groups (broad SMARTS) is 1. The van der Waals surface area contributed by atoms with Crippen LogP contribution in [0.2, 0.25) is 0 Å². The molecule has 0 unspecified atom stereocenters. The highest BCUT2D eigenvalue weighted by Crippen LogP contribution is 2.35. The molecule has 2 N–H and O–H groups in total. The molecule has 4 rings (SSSR count). The number of nitrogens with two attached hydrogens (primary N) is 1. The van der Waals surface area contributed by atoms with Crippen molar-refractivity contribution in [3.8, 4) is 0 Å². The topological polar surface area (TPSA) is 56.7 Å². The Bertz CT molecular complexity index is 652. The second-order valence-corrected chi connectivity index (χ2v) is 6.81. The molecule has 0 amide bonds. The van der Waals surface area contributed by atoms with Gasteiger partial charge in [-0.1, -0.05) is 18.2 Å². The fourth-order valence-corrected chi connectivity index (χ4v) is 4.29. The highest BCUT2D eigenvalue weighted by atomic mass is 32.1. The molecule has 2 aromatic rings. The minimum absolute atomic E-state index is 0.758. The maximum Gasteiger partial charge on any atom is 0.106 e. The van der Waals surface area contributed by atoms with Gasteiger partial charge in [-0.15, -0.1) is 11.3 Å². The summed E-state index contributed by atoms with van der Waals surface area (Å²) in [5.41, 5.74) is 1.60. The molecule has 110 valence electrons. The first-order valence-corrected chi connectivity index (χ1v) is 8.15. The molecule has 0 aliphatic carbocycles. The molecule has 2 atom stereocenters. The van der Waals surface area contributed by atoms with Crippen molar-refractivity contribution >= 4 is 33.0 Å². The van der Waals surface area contributed by atoms with Crippen molar-refractivity contribution in [2.75, 3.05) is 0 Å². The van der Waals surface area contributed by atoms with Gasteiger partial charge in [0.25, 0.3) is 0 Å². The second kappa shape index (κ2) is 6.00. The van der Waals surface area contributed by atoms with Crippen molar-refractivity contribution in [1.29, 1.82) is 0 Å². The van der Waals surface area contributed by atoms with Gasteiger partial charge in [-0.05, 0) is 36.1 Å². The molecule has 1 fully saturated rings. The number of carbonyl (C=O) groups excluding carboxylic acids is 1. The van der Waals surface area contributed by atoms with E-state index in [-0.39, 0.29) is 0 Å². The Labute approximate surface area is 128 Å². The van der Waals surface area contributed by atoms with Gasteiger partial charge < -0.3 is 15.2 Å². The second-order valence-electron chi connectivity index (χ2n) is 5.73. The zero-order valence-electron chi connectivity index (χ0n) is 12.0. The Morgan fingerprint density at radius 2 is 2.10 bits per heavy atom. The molecule has 0 saturated carbocycles. The third-order valence-corrected chi connectivity index (χ3v) is 5.22. The summed E-state index contributed by atoms with van der Waals surface area (Å²) >= 11 is 1.95. The summed E-state index contributed by atoms with van der Waals surface area (Å²) in [6.45, 7) is 0.972. The lowest BCUT2D eigenvalue weighted by molar-refractivity contribution is -0.693. The van der Waals surface area contributed by atoms with Crippen LogP contribution in [0.15, 0.2) is 36.4 Å². The van der Waals surface area contributed by atoms with Crippen LogP contribution < -0.4 is 10.4 Å². The number of aliphatic carboxylic acids is 1. The molecule has 4 heteroatoms. The lowest BCUT2D eigenvalue weighted by Crippen LogP contribution is -2.91. The summed E-state index contributed by atoms with van der Waals surface area (Å²) in [5, 5.41) is 12.8. The maximum absolute atomic E-state index is 8.89. The SMILES string of the molecule is C1=C(c2cc3ccccc3s2)C[C@@H]2CC[C@H]1[NH2+]2.CC(=O)[O-]. The molecule has 3 heterocycles. The van der Waals surface area contributed by atoms with E-state index >= 15 is 0 Å². The number of carbonyl (C=O) groups is 1. The number of benzene rings is 1. The van der Waals surface area contributed by atoms with Crippen molar-refractivity contribution in [2.45, 2.75) is 38.3 Å². The van der Waals surface area contributed by atoms with E-state index in [1.165, 1.54) is 34.2 Å². The number of rotatable bonds is 1. The highest BCUT2D eigenvalue weighted by Gasteiger charge is 2.32. The molecule has 2 aliphatic rings. The van der Waals surface area contributed by atoms with Crippen LogP contribution in [0.1, 0.15) is 31.1 Å². The first-order valence-electron chi connectivity index (χ1n) is 7.34. The Hall–Kier alpha value is -1.65. The molecule has 0 spiro atoms. The van der Waals surface area contributed by atoms with Gasteiger partial charge in [0, 0.05) is 34.8 Å². The molecule has 3 nitrogen and oxygen atoms in total. The fourth-order valence-electron chi connectivity index (χ4n) is 3.19. The number of hydrogen-bond donors (Lipinski definition) is 1. The van der Waals surface area contributed by atoms with Crippen LogP contribution in [-0.4, -0.2) is 18.1 Å².